The molecule has 23 heavy (non-hydrogen) atoms. The number of thiophene rings is 1. The second kappa shape index (κ2) is 5.08. The van der Waals surface area contributed by atoms with Crippen molar-refractivity contribution in [1.82, 2.24) is 16.3 Å². The van der Waals surface area contributed by atoms with Gasteiger partial charge in [-0.2, -0.15) is 0 Å². The first-order valence-corrected chi connectivity index (χ1v) is 9.17. The number of hydrazine groups is 2. The summed E-state index contributed by atoms with van der Waals surface area (Å²) in [4.78, 5) is 4.44. The van der Waals surface area contributed by atoms with Gasteiger partial charge in [-0.25, -0.2) is 13.4 Å². The summed E-state index contributed by atoms with van der Waals surface area (Å²) >= 11 is 1.50. The standard InChI is InChI=1S/C14H13N5O2S2/c1-15-11-10-7-8-22-14(10)19-12(16-11)13(17-18-19)23(20,21)9-5-3-2-4-6-9/h2-8,17-18H,1H3,(H,15,16). The van der Waals surface area contributed by atoms with Crippen molar-refractivity contribution in [2.75, 3.05) is 12.1 Å². The Morgan fingerprint density at radius 3 is 2.70 bits per heavy atom. The quantitative estimate of drug-likeness (QED) is 0.756. The van der Waals surface area contributed by atoms with Crippen molar-refractivity contribution < 1.29 is 8.42 Å². The summed E-state index contributed by atoms with van der Waals surface area (Å²) in [7, 11) is -2.01. The Morgan fingerprint density at radius 1 is 1.17 bits per heavy atom. The summed E-state index contributed by atoms with van der Waals surface area (Å²) in [6.07, 6.45) is 0. The van der Waals surface area contributed by atoms with Gasteiger partial charge in [0.1, 0.15) is 10.8 Å². The summed E-state index contributed by atoms with van der Waals surface area (Å²) in [6, 6.07) is 10.3. The second-order valence-corrected chi connectivity index (χ2v) is 7.68. The number of sulfone groups is 1. The third kappa shape index (κ3) is 2.05. The van der Waals surface area contributed by atoms with Crippen LogP contribution >= 0.6 is 11.3 Å². The second-order valence-electron chi connectivity index (χ2n) is 4.90. The molecule has 0 bridgehead atoms. The summed E-state index contributed by atoms with van der Waals surface area (Å²) in [6.45, 7) is 0. The van der Waals surface area contributed by atoms with E-state index in [1.165, 1.54) is 11.3 Å². The van der Waals surface area contributed by atoms with Crippen LogP contribution in [0.5, 0.6) is 0 Å². The average Bonchev–Trinajstić information content (AvgIpc) is 3.21. The molecule has 0 spiro atoms. The van der Waals surface area contributed by atoms with E-state index in [4.69, 9.17) is 0 Å². The number of rotatable bonds is 2. The van der Waals surface area contributed by atoms with Gasteiger partial charge in [-0.1, -0.05) is 18.2 Å². The van der Waals surface area contributed by atoms with Crippen LogP contribution in [-0.2, 0) is 9.84 Å². The lowest BCUT2D eigenvalue weighted by Crippen LogP contribution is -2.45. The van der Waals surface area contributed by atoms with E-state index < -0.39 is 9.84 Å². The van der Waals surface area contributed by atoms with Crippen LogP contribution in [-0.4, -0.2) is 21.3 Å². The molecule has 1 aromatic heterocycles. The van der Waals surface area contributed by atoms with Crippen LogP contribution < -0.4 is 21.3 Å². The van der Waals surface area contributed by atoms with Crippen molar-refractivity contribution in [3.63, 3.8) is 0 Å². The van der Waals surface area contributed by atoms with E-state index in [2.05, 4.69) is 21.3 Å². The number of hydrogen-bond acceptors (Lipinski definition) is 7. The fraction of sp³-hybridized carbons (Fsp3) is 0.0714. The zero-order valence-corrected chi connectivity index (χ0v) is 13.7. The number of nitrogens with one attached hydrogen (secondary N) is 3. The summed E-state index contributed by atoms with van der Waals surface area (Å²) in [5.74, 6) is 1.06. The van der Waals surface area contributed by atoms with Crippen molar-refractivity contribution in [2.45, 2.75) is 4.90 Å². The SMILES string of the molecule is CN=C1NC2=C(S(=O)(=O)c3ccccc3)NNN2c2sccc21. The van der Waals surface area contributed by atoms with E-state index >= 15 is 0 Å². The molecule has 0 fully saturated rings. The van der Waals surface area contributed by atoms with Gasteiger partial charge in [-0.15, -0.1) is 16.9 Å². The molecule has 2 aliphatic heterocycles. The minimum absolute atomic E-state index is 0.0731. The van der Waals surface area contributed by atoms with Crippen LogP contribution in [0.4, 0.5) is 5.00 Å². The molecule has 118 valence electrons. The highest BCUT2D eigenvalue weighted by Gasteiger charge is 2.38. The van der Waals surface area contributed by atoms with Crippen LogP contribution in [0.2, 0.25) is 0 Å². The van der Waals surface area contributed by atoms with Crippen molar-refractivity contribution in [3.8, 4) is 0 Å². The average molecular weight is 347 g/mol. The Kier molecular flexibility index (Phi) is 3.15. The molecule has 0 aliphatic carbocycles. The first-order valence-electron chi connectivity index (χ1n) is 6.81. The minimum atomic E-state index is -3.67. The number of aliphatic imine (C=N–C) groups is 1. The Morgan fingerprint density at radius 2 is 1.96 bits per heavy atom. The van der Waals surface area contributed by atoms with Crippen LogP contribution in [0.3, 0.4) is 0 Å². The third-order valence-electron chi connectivity index (χ3n) is 3.61. The number of anilines is 1. The Balaban J connectivity index is 1.88. The summed E-state index contributed by atoms with van der Waals surface area (Å²) in [5.41, 5.74) is 6.59. The topological polar surface area (TPSA) is 85.8 Å². The fourth-order valence-electron chi connectivity index (χ4n) is 2.51. The predicted octanol–water partition coefficient (Wildman–Crippen LogP) is 1.16. The Bertz CT molecular complexity index is 931. The van der Waals surface area contributed by atoms with Crippen molar-refractivity contribution in [1.29, 1.82) is 0 Å². The fourth-order valence-corrected chi connectivity index (χ4v) is 4.71. The molecule has 0 saturated carbocycles. The molecule has 0 amide bonds. The molecule has 3 heterocycles. The molecule has 0 unspecified atom stereocenters. The molecule has 0 atom stereocenters. The largest absolute Gasteiger partial charge is 0.323 e. The minimum Gasteiger partial charge on any atom is -0.323 e. The number of benzene rings is 1. The molecule has 4 rings (SSSR count). The molecule has 2 aromatic rings. The van der Waals surface area contributed by atoms with Crippen molar-refractivity contribution >= 4 is 32.0 Å². The third-order valence-corrected chi connectivity index (χ3v) is 6.23. The van der Waals surface area contributed by atoms with Gasteiger partial charge in [0.15, 0.2) is 10.9 Å². The van der Waals surface area contributed by atoms with Gasteiger partial charge in [0.05, 0.1) is 10.5 Å². The van der Waals surface area contributed by atoms with Crippen molar-refractivity contribution in [3.05, 3.63) is 58.2 Å². The highest BCUT2D eigenvalue weighted by Crippen LogP contribution is 2.36. The maximum atomic E-state index is 12.9. The zero-order chi connectivity index (χ0) is 16.0. The number of nitrogens with zero attached hydrogens (tertiary/aromatic N) is 2. The lowest BCUT2D eigenvalue weighted by molar-refractivity contribution is 0.593. The lowest BCUT2D eigenvalue weighted by atomic mass is 10.2. The van der Waals surface area contributed by atoms with Crippen LogP contribution in [0.1, 0.15) is 5.56 Å². The highest BCUT2D eigenvalue weighted by atomic mass is 32.2. The molecule has 0 radical (unpaired) electrons. The van der Waals surface area contributed by atoms with Crippen LogP contribution in [0.25, 0.3) is 0 Å². The summed E-state index contributed by atoms with van der Waals surface area (Å²) < 4.78 is 25.7. The first kappa shape index (κ1) is 14.2. The number of fused-ring (bicyclic) bond motifs is 3. The predicted molar refractivity (Wildman–Crippen MR) is 89.3 cm³/mol. The Labute approximate surface area is 137 Å². The van der Waals surface area contributed by atoms with Crippen LogP contribution in [0.15, 0.2) is 62.5 Å². The monoisotopic (exact) mass is 347 g/mol. The maximum absolute atomic E-state index is 12.9. The van der Waals surface area contributed by atoms with E-state index in [1.54, 1.807) is 42.4 Å². The molecule has 7 nitrogen and oxygen atoms in total. The zero-order valence-electron chi connectivity index (χ0n) is 12.1. The van der Waals surface area contributed by atoms with Crippen LogP contribution in [0, 0.1) is 0 Å². The van der Waals surface area contributed by atoms with Gasteiger partial charge in [0.25, 0.3) is 0 Å². The van der Waals surface area contributed by atoms with Gasteiger partial charge < -0.3 is 5.32 Å². The summed E-state index contributed by atoms with van der Waals surface area (Å²) in [5, 5.41) is 7.67. The van der Waals surface area contributed by atoms with Gasteiger partial charge >= 0.3 is 0 Å². The maximum Gasteiger partial charge on any atom is 0.226 e. The molecular weight excluding hydrogens is 334 g/mol. The lowest BCUT2D eigenvalue weighted by Gasteiger charge is -2.27. The van der Waals surface area contributed by atoms with Gasteiger partial charge in [0.2, 0.25) is 9.84 Å². The molecule has 2 aliphatic rings. The van der Waals surface area contributed by atoms with E-state index in [0.29, 0.717) is 11.7 Å². The van der Waals surface area contributed by atoms with Crippen molar-refractivity contribution in [2.24, 2.45) is 4.99 Å². The number of hydrogen-bond donors (Lipinski definition) is 3. The normalized spacial score (nSPS) is 18.5. The molecular formula is C14H13N5O2S2. The molecule has 1 aromatic carbocycles. The molecule has 0 saturated heterocycles. The first-order chi connectivity index (χ1) is 11.1. The Hall–Kier alpha value is -2.36. The molecule has 9 heteroatoms. The highest BCUT2D eigenvalue weighted by molar-refractivity contribution is 7.95. The molecule has 3 N–H and O–H groups in total. The van der Waals surface area contributed by atoms with E-state index in [9.17, 15) is 8.42 Å². The van der Waals surface area contributed by atoms with Gasteiger partial charge in [-0.05, 0) is 23.6 Å². The van der Waals surface area contributed by atoms with Gasteiger partial charge in [0, 0.05) is 7.05 Å². The van der Waals surface area contributed by atoms with E-state index in [1.807, 2.05) is 11.4 Å². The van der Waals surface area contributed by atoms with E-state index in [0.717, 1.165) is 10.6 Å². The van der Waals surface area contributed by atoms with E-state index in [-0.39, 0.29) is 9.92 Å². The smallest absolute Gasteiger partial charge is 0.226 e. The van der Waals surface area contributed by atoms with Gasteiger partial charge in [-0.3, -0.25) is 10.4 Å². The number of amidine groups is 1.